The molecule has 5 atom stereocenters. The fourth-order valence-corrected chi connectivity index (χ4v) is 5.83. The number of fused-ring (bicyclic) bond motifs is 1. The number of rotatable bonds is 0. The molecule has 0 amide bonds. The van der Waals surface area contributed by atoms with Gasteiger partial charge in [-0.2, -0.15) is 0 Å². The lowest BCUT2D eigenvalue weighted by atomic mass is 9.64. The van der Waals surface area contributed by atoms with Crippen molar-refractivity contribution in [2.75, 3.05) is 13.2 Å². The maximum atomic E-state index is 6.22. The summed E-state index contributed by atoms with van der Waals surface area (Å²) in [5.74, 6) is 1.36. The van der Waals surface area contributed by atoms with E-state index in [9.17, 15) is 0 Å². The van der Waals surface area contributed by atoms with Gasteiger partial charge in [0.05, 0.1) is 19.3 Å². The van der Waals surface area contributed by atoms with Gasteiger partial charge in [0, 0.05) is 12.8 Å². The van der Waals surface area contributed by atoms with Crippen LogP contribution < -0.4 is 0 Å². The molecule has 0 aromatic heterocycles. The molecular weight excluding hydrogens is 276 g/mol. The predicted octanol–water partition coefficient (Wildman–Crippen LogP) is 3.60. The Hall–Kier alpha value is -0.640. The van der Waals surface area contributed by atoms with Crippen molar-refractivity contribution in [2.24, 2.45) is 17.8 Å². The molecule has 0 unspecified atom stereocenters. The summed E-state index contributed by atoms with van der Waals surface area (Å²) >= 11 is 0. The highest BCUT2D eigenvalue weighted by Crippen LogP contribution is 2.63. The second-order valence-corrected chi connectivity index (χ2v) is 7.95. The minimum atomic E-state index is -0.335. The summed E-state index contributed by atoms with van der Waals surface area (Å²) in [6, 6.07) is 0. The van der Waals surface area contributed by atoms with E-state index in [0.717, 1.165) is 32.5 Å². The summed E-state index contributed by atoms with van der Waals surface area (Å²) in [4.78, 5) is 0. The molecule has 0 aromatic rings. The lowest BCUT2D eigenvalue weighted by Crippen LogP contribution is -2.44. The van der Waals surface area contributed by atoms with E-state index in [1.165, 1.54) is 24.8 Å². The molecule has 3 heteroatoms. The molecule has 0 radical (unpaired) electrons. The Morgan fingerprint density at radius 1 is 1.14 bits per heavy atom. The Morgan fingerprint density at radius 3 is 2.73 bits per heavy atom. The van der Waals surface area contributed by atoms with Gasteiger partial charge >= 0.3 is 0 Å². The second-order valence-electron chi connectivity index (χ2n) is 7.95. The smallest absolute Gasteiger partial charge is 0.169 e. The van der Waals surface area contributed by atoms with Crippen LogP contribution in [0.1, 0.15) is 45.4 Å². The van der Waals surface area contributed by atoms with Gasteiger partial charge in [0.2, 0.25) is 0 Å². The van der Waals surface area contributed by atoms with E-state index < -0.39 is 0 Å². The van der Waals surface area contributed by atoms with Gasteiger partial charge in [-0.25, -0.2) is 0 Å². The third-order valence-corrected chi connectivity index (χ3v) is 7.07. The lowest BCUT2D eigenvalue weighted by molar-refractivity contribution is -0.190. The van der Waals surface area contributed by atoms with Crippen molar-refractivity contribution in [2.45, 2.75) is 62.9 Å². The first-order chi connectivity index (χ1) is 10.6. The molecule has 3 nitrogen and oxygen atoms in total. The molecular formula is C19H26O3. The zero-order chi connectivity index (χ0) is 14.9. The molecule has 2 aliphatic heterocycles. The zero-order valence-corrected chi connectivity index (χ0v) is 13.5. The van der Waals surface area contributed by atoms with Crippen molar-refractivity contribution >= 4 is 0 Å². The Labute approximate surface area is 132 Å². The van der Waals surface area contributed by atoms with Gasteiger partial charge in [-0.05, 0) is 55.9 Å². The minimum absolute atomic E-state index is 0.00273. The molecule has 22 heavy (non-hydrogen) atoms. The van der Waals surface area contributed by atoms with E-state index in [1.54, 1.807) is 5.57 Å². The molecule has 5 aliphatic rings. The number of epoxide rings is 1. The first kappa shape index (κ1) is 13.8. The molecule has 2 saturated heterocycles. The monoisotopic (exact) mass is 302 g/mol. The SMILES string of the molecule is C=C1[C@@H]2CC3(CC[C@H]2/C(C)=C\C[C@@H]2CC[C@@H]4O[C@]124)OCCO3. The predicted molar refractivity (Wildman–Crippen MR) is 83.3 cm³/mol. The van der Waals surface area contributed by atoms with E-state index in [0.29, 0.717) is 23.9 Å². The normalized spacial score (nSPS) is 51.3. The standard InChI is InChI=1S/C19H26O3/c1-12-3-4-14-5-6-17-19(14,22-17)13(2)16-11-18(8-7-15(12)16)20-9-10-21-18/h3,14-17H,2,4-11H2,1H3/b12-3-/t14-,15+,16+,17+,19-/m1/s1. The van der Waals surface area contributed by atoms with Crippen LogP contribution >= 0.6 is 0 Å². The van der Waals surface area contributed by atoms with Crippen LogP contribution in [0, 0.1) is 17.8 Å². The molecule has 120 valence electrons. The Balaban J connectivity index is 1.52. The maximum Gasteiger partial charge on any atom is 0.169 e. The molecule has 2 heterocycles. The van der Waals surface area contributed by atoms with Crippen LogP contribution in [-0.4, -0.2) is 30.7 Å². The van der Waals surface area contributed by atoms with Crippen LogP contribution in [0.15, 0.2) is 23.8 Å². The van der Waals surface area contributed by atoms with E-state index in [-0.39, 0.29) is 11.4 Å². The fourth-order valence-electron chi connectivity index (χ4n) is 5.83. The quantitative estimate of drug-likeness (QED) is 0.506. The van der Waals surface area contributed by atoms with Gasteiger partial charge in [-0.15, -0.1) is 0 Å². The van der Waals surface area contributed by atoms with Crippen molar-refractivity contribution in [3.8, 4) is 0 Å². The number of hydrogen-bond acceptors (Lipinski definition) is 3. The summed E-state index contributed by atoms with van der Waals surface area (Å²) in [7, 11) is 0. The third-order valence-electron chi connectivity index (χ3n) is 7.07. The van der Waals surface area contributed by atoms with Crippen LogP contribution in [0.2, 0.25) is 0 Å². The van der Waals surface area contributed by atoms with Crippen molar-refractivity contribution in [1.29, 1.82) is 0 Å². The molecule has 0 N–H and O–H groups in total. The summed E-state index contributed by atoms with van der Waals surface area (Å²) in [6.45, 7) is 8.38. The molecule has 4 fully saturated rings. The van der Waals surface area contributed by atoms with Crippen molar-refractivity contribution in [1.82, 2.24) is 0 Å². The molecule has 0 bridgehead atoms. The highest BCUT2D eigenvalue weighted by atomic mass is 16.7. The van der Waals surface area contributed by atoms with Crippen LogP contribution in [0.4, 0.5) is 0 Å². The Kier molecular flexibility index (Phi) is 2.79. The molecule has 2 saturated carbocycles. The van der Waals surface area contributed by atoms with Crippen LogP contribution in [-0.2, 0) is 14.2 Å². The Morgan fingerprint density at radius 2 is 1.95 bits per heavy atom. The lowest BCUT2D eigenvalue weighted by Gasteiger charge is -2.45. The average molecular weight is 302 g/mol. The van der Waals surface area contributed by atoms with E-state index >= 15 is 0 Å². The average Bonchev–Trinajstić information content (AvgIpc) is 2.91. The van der Waals surface area contributed by atoms with Crippen LogP contribution in [0.5, 0.6) is 0 Å². The van der Waals surface area contributed by atoms with Crippen molar-refractivity contribution < 1.29 is 14.2 Å². The highest BCUT2D eigenvalue weighted by Gasteiger charge is 2.68. The molecule has 5 rings (SSSR count). The Bertz CT molecular complexity index is 545. The third kappa shape index (κ3) is 1.68. The summed E-state index contributed by atoms with van der Waals surface area (Å²) in [6.07, 6.45) is 9.75. The summed E-state index contributed by atoms with van der Waals surface area (Å²) in [5.41, 5.74) is 2.91. The van der Waals surface area contributed by atoms with Crippen LogP contribution in [0.3, 0.4) is 0 Å². The first-order valence-corrected chi connectivity index (χ1v) is 8.96. The largest absolute Gasteiger partial charge is 0.361 e. The van der Waals surface area contributed by atoms with Crippen LogP contribution in [0.25, 0.3) is 0 Å². The first-order valence-electron chi connectivity index (χ1n) is 8.96. The maximum absolute atomic E-state index is 6.22. The molecule has 3 aliphatic carbocycles. The van der Waals surface area contributed by atoms with Gasteiger partial charge < -0.3 is 14.2 Å². The van der Waals surface area contributed by atoms with E-state index in [2.05, 4.69) is 19.6 Å². The van der Waals surface area contributed by atoms with Crippen molar-refractivity contribution in [3.63, 3.8) is 0 Å². The summed E-state index contributed by atoms with van der Waals surface area (Å²) < 4.78 is 18.3. The summed E-state index contributed by atoms with van der Waals surface area (Å²) in [5, 5.41) is 0. The van der Waals surface area contributed by atoms with E-state index in [4.69, 9.17) is 14.2 Å². The van der Waals surface area contributed by atoms with Gasteiger partial charge in [-0.1, -0.05) is 18.2 Å². The number of hydrogen-bond donors (Lipinski definition) is 0. The number of allylic oxidation sites excluding steroid dienone is 2. The van der Waals surface area contributed by atoms with Crippen molar-refractivity contribution in [3.05, 3.63) is 23.8 Å². The highest BCUT2D eigenvalue weighted by molar-refractivity contribution is 5.36. The van der Waals surface area contributed by atoms with Gasteiger partial charge in [-0.3, -0.25) is 0 Å². The molecule has 0 aromatic carbocycles. The topological polar surface area (TPSA) is 31.0 Å². The van der Waals surface area contributed by atoms with E-state index in [1.807, 2.05) is 0 Å². The molecule has 2 spiro atoms. The number of ether oxygens (including phenoxy) is 3. The van der Waals surface area contributed by atoms with Gasteiger partial charge in [0.1, 0.15) is 5.60 Å². The fraction of sp³-hybridized carbons (Fsp3) is 0.789. The zero-order valence-electron chi connectivity index (χ0n) is 13.5. The second kappa shape index (κ2) is 4.46. The van der Waals surface area contributed by atoms with Gasteiger partial charge in [0.15, 0.2) is 5.79 Å². The minimum Gasteiger partial charge on any atom is -0.361 e. The van der Waals surface area contributed by atoms with Gasteiger partial charge in [0.25, 0.3) is 0 Å².